The summed E-state index contributed by atoms with van der Waals surface area (Å²) in [6.45, 7) is 9.13. The molecule has 1 aromatic carbocycles. The fourth-order valence-corrected chi connectivity index (χ4v) is 2.66. The number of hydrogen-bond donors (Lipinski definition) is 0. The molecule has 0 atom stereocenters. The van der Waals surface area contributed by atoms with Crippen molar-refractivity contribution < 1.29 is 18.4 Å². The van der Waals surface area contributed by atoms with Crippen LogP contribution < -0.4 is 0 Å². The number of nitrogens with zero attached hydrogens (tertiary/aromatic N) is 2. The normalized spacial score (nSPS) is 15.7. The largest absolute Gasteiger partial charge is 0.457 e. The summed E-state index contributed by atoms with van der Waals surface area (Å²) in [4.78, 5) is 16.4. The van der Waals surface area contributed by atoms with Crippen LogP contribution in [0.3, 0.4) is 0 Å². The molecule has 25 heavy (non-hydrogen) atoms. The monoisotopic (exact) mass is 344 g/mol. The molecule has 0 N–H and O–H groups in total. The summed E-state index contributed by atoms with van der Waals surface area (Å²) in [5.41, 5.74) is 0.326. The van der Waals surface area contributed by atoms with Gasteiger partial charge in [0.1, 0.15) is 11.4 Å². The van der Waals surface area contributed by atoms with Gasteiger partial charge in [0.25, 0.3) is 0 Å². The van der Waals surface area contributed by atoms with Crippen molar-refractivity contribution >= 4 is 5.97 Å². The van der Waals surface area contributed by atoms with E-state index in [0.717, 1.165) is 18.4 Å². The molecule has 0 aliphatic heterocycles. The van der Waals surface area contributed by atoms with Crippen molar-refractivity contribution in [2.75, 3.05) is 0 Å². The third-order valence-electron chi connectivity index (χ3n) is 4.10. The second kappa shape index (κ2) is 6.10. The molecule has 0 unspecified atom stereocenters. The zero-order valence-electron chi connectivity index (χ0n) is 14.6. The lowest BCUT2D eigenvalue weighted by Gasteiger charge is -2.19. The standard InChI is InChI=1S/C19H21FN2O3/c1-12(16(23)24-18(2,3)4)11-15-21-17(22-25-15)19(9-10-19)13-5-7-14(20)8-6-13/h5-8H,1,9-11H2,2-4H3. The molecule has 1 aliphatic carbocycles. The fraction of sp³-hybridized carbons (Fsp3) is 0.421. The summed E-state index contributed by atoms with van der Waals surface area (Å²) < 4.78 is 23.7. The lowest BCUT2D eigenvalue weighted by Crippen LogP contribution is -2.25. The minimum atomic E-state index is -0.583. The Morgan fingerprint density at radius 2 is 1.96 bits per heavy atom. The van der Waals surface area contributed by atoms with Gasteiger partial charge in [0.2, 0.25) is 5.89 Å². The van der Waals surface area contributed by atoms with Crippen molar-refractivity contribution in [2.24, 2.45) is 0 Å². The highest BCUT2D eigenvalue weighted by Gasteiger charge is 2.50. The van der Waals surface area contributed by atoms with Gasteiger partial charge in [0.15, 0.2) is 5.82 Å². The van der Waals surface area contributed by atoms with Gasteiger partial charge in [-0.1, -0.05) is 23.9 Å². The third kappa shape index (κ3) is 3.78. The minimum Gasteiger partial charge on any atom is -0.457 e. The average molecular weight is 344 g/mol. The Kier molecular flexibility index (Phi) is 4.22. The molecule has 0 saturated heterocycles. The van der Waals surface area contributed by atoms with Crippen LogP contribution in [0.15, 0.2) is 40.9 Å². The summed E-state index contributed by atoms with van der Waals surface area (Å²) in [5.74, 6) is 0.124. The third-order valence-corrected chi connectivity index (χ3v) is 4.10. The molecule has 0 spiro atoms. The Morgan fingerprint density at radius 1 is 1.32 bits per heavy atom. The molecule has 1 aliphatic rings. The van der Waals surface area contributed by atoms with Crippen LogP contribution in [0, 0.1) is 5.82 Å². The first-order valence-corrected chi connectivity index (χ1v) is 8.20. The SMILES string of the molecule is C=C(Cc1nc(C2(c3ccc(F)cc3)CC2)no1)C(=O)OC(C)(C)C. The number of aromatic nitrogens is 2. The highest BCUT2D eigenvalue weighted by molar-refractivity contribution is 5.88. The molecule has 1 saturated carbocycles. The van der Waals surface area contributed by atoms with Crippen LogP contribution >= 0.6 is 0 Å². The van der Waals surface area contributed by atoms with Gasteiger partial charge in [-0.2, -0.15) is 4.98 Å². The Morgan fingerprint density at radius 3 is 2.52 bits per heavy atom. The van der Waals surface area contributed by atoms with Gasteiger partial charge in [-0.15, -0.1) is 0 Å². The number of hydrogen-bond acceptors (Lipinski definition) is 5. The van der Waals surface area contributed by atoms with Gasteiger partial charge in [-0.25, -0.2) is 9.18 Å². The van der Waals surface area contributed by atoms with Gasteiger partial charge >= 0.3 is 5.97 Å². The van der Waals surface area contributed by atoms with Gasteiger partial charge in [-0.05, 0) is 51.3 Å². The van der Waals surface area contributed by atoms with Gasteiger partial charge in [-0.3, -0.25) is 0 Å². The number of esters is 1. The molecule has 0 radical (unpaired) electrons. The first kappa shape index (κ1) is 17.3. The molecule has 2 aromatic rings. The van der Waals surface area contributed by atoms with E-state index in [9.17, 15) is 9.18 Å². The molecule has 0 amide bonds. The van der Waals surface area contributed by atoms with E-state index in [1.807, 2.05) is 0 Å². The molecule has 5 nitrogen and oxygen atoms in total. The number of benzene rings is 1. The molecule has 132 valence electrons. The molecular formula is C19H21FN2O3. The van der Waals surface area contributed by atoms with Crippen molar-refractivity contribution in [1.82, 2.24) is 10.1 Å². The topological polar surface area (TPSA) is 65.2 Å². The highest BCUT2D eigenvalue weighted by atomic mass is 19.1. The first-order chi connectivity index (χ1) is 11.7. The van der Waals surface area contributed by atoms with E-state index < -0.39 is 11.6 Å². The summed E-state index contributed by atoms with van der Waals surface area (Å²) in [6, 6.07) is 6.36. The molecule has 6 heteroatoms. The Labute approximate surface area is 145 Å². The maximum Gasteiger partial charge on any atom is 0.334 e. The van der Waals surface area contributed by atoms with Gasteiger partial charge in [0.05, 0.1) is 11.8 Å². The summed E-state index contributed by atoms with van der Waals surface area (Å²) in [5, 5.41) is 4.06. The fourth-order valence-electron chi connectivity index (χ4n) is 2.66. The zero-order valence-corrected chi connectivity index (χ0v) is 14.6. The predicted octanol–water partition coefficient (Wildman–Crippen LogP) is 3.73. The smallest absolute Gasteiger partial charge is 0.334 e. The number of halogens is 1. The summed E-state index contributed by atoms with van der Waals surface area (Å²) in [6.07, 6.45) is 1.90. The van der Waals surface area contributed by atoms with Crippen molar-refractivity contribution in [3.05, 3.63) is 59.5 Å². The quantitative estimate of drug-likeness (QED) is 0.611. The summed E-state index contributed by atoms with van der Waals surface area (Å²) in [7, 11) is 0. The second-order valence-corrected chi connectivity index (χ2v) is 7.38. The van der Waals surface area contributed by atoms with Crippen LogP contribution in [0.2, 0.25) is 0 Å². The van der Waals surface area contributed by atoms with Crippen molar-refractivity contribution in [3.63, 3.8) is 0 Å². The van der Waals surface area contributed by atoms with E-state index in [1.54, 1.807) is 32.9 Å². The number of carbonyl (C=O) groups is 1. The summed E-state index contributed by atoms with van der Waals surface area (Å²) >= 11 is 0. The first-order valence-electron chi connectivity index (χ1n) is 8.20. The van der Waals surface area contributed by atoms with Crippen LogP contribution in [-0.2, 0) is 21.4 Å². The van der Waals surface area contributed by atoms with Gasteiger partial charge in [0, 0.05) is 5.57 Å². The predicted molar refractivity (Wildman–Crippen MR) is 89.4 cm³/mol. The van der Waals surface area contributed by atoms with E-state index in [2.05, 4.69) is 16.7 Å². The molecule has 1 aromatic heterocycles. The average Bonchev–Trinajstić information content (AvgIpc) is 3.19. The molecule has 1 heterocycles. The van der Waals surface area contributed by atoms with Crippen molar-refractivity contribution in [2.45, 2.75) is 51.0 Å². The molecule has 3 rings (SSSR count). The molecule has 0 bridgehead atoms. The van der Waals surface area contributed by atoms with Crippen LogP contribution in [0.4, 0.5) is 4.39 Å². The van der Waals surface area contributed by atoms with Crippen LogP contribution in [0.25, 0.3) is 0 Å². The van der Waals surface area contributed by atoms with Crippen molar-refractivity contribution in [1.29, 1.82) is 0 Å². The lowest BCUT2D eigenvalue weighted by molar-refractivity contribution is -0.150. The highest BCUT2D eigenvalue weighted by Crippen LogP contribution is 2.52. The van der Waals surface area contributed by atoms with E-state index in [-0.39, 0.29) is 23.2 Å². The number of rotatable bonds is 5. The Bertz CT molecular complexity index is 799. The maximum absolute atomic E-state index is 13.1. The molecule has 1 fully saturated rings. The van der Waals surface area contributed by atoms with Gasteiger partial charge < -0.3 is 9.26 Å². The Balaban J connectivity index is 1.72. The van der Waals surface area contributed by atoms with Crippen LogP contribution in [0.5, 0.6) is 0 Å². The zero-order chi connectivity index (χ0) is 18.2. The van der Waals surface area contributed by atoms with Crippen LogP contribution in [-0.4, -0.2) is 21.7 Å². The van der Waals surface area contributed by atoms with E-state index >= 15 is 0 Å². The number of carbonyl (C=O) groups excluding carboxylic acids is 1. The Hall–Kier alpha value is -2.50. The lowest BCUT2D eigenvalue weighted by atomic mass is 9.95. The number of ether oxygens (including phenoxy) is 1. The second-order valence-electron chi connectivity index (χ2n) is 7.38. The van der Waals surface area contributed by atoms with E-state index in [0.29, 0.717) is 11.7 Å². The maximum atomic E-state index is 13.1. The van der Waals surface area contributed by atoms with E-state index in [4.69, 9.17) is 9.26 Å². The van der Waals surface area contributed by atoms with Crippen LogP contribution in [0.1, 0.15) is 50.9 Å². The minimum absolute atomic E-state index is 0.140. The van der Waals surface area contributed by atoms with E-state index in [1.165, 1.54) is 12.1 Å². The van der Waals surface area contributed by atoms with Crippen molar-refractivity contribution in [3.8, 4) is 0 Å². The molecular weight excluding hydrogens is 323 g/mol.